The van der Waals surface area contributed by atoms with E-state index in [0.29, 0.717) is 6.42 Å². The van der Waals surface area contributed by atoms with E-state index in [1.807, 2.05) is 49.4 Å². The minimum Gasteiger partial charge on any atom is -0.480 e. The van der Waals surface area contributed by atoms with Gasteiger partial charge in [-0.25, -0.2) is 4.79 Å². The Morgan fingerprint density at radius 3 is 2.25 bits per heavy atom. The van der Waals surface area contributed by atoms with Crippen molar-refractivity contribution < 1.29 is 24.3 Å². The van der Waals surface area contributed by atoms with Gasteiger partial charge in [0.25, 0.3) is 0 Å². The molecule has 5 N–H and O–H groups in total. The number of amides is 2. The molecular weight excluding hydrogens is 478 g/mol. The van der Waals surface area contributed by atoms with Crippen LogP contribution in [-0.4, -0.2) is 52.6 Å². The third-order valence-electron chi connectivity index (χ3n) is 6.15. The van der Waals surface area contributed by atoms with E-state index >= 15 is 0 Å². The summed E-state index contributed by atoms with van der Waals surface area (Å²) >= 11 is 4.04. The van der Waals surface area contributed by atoms with E-state index in [9.17, 15) is 24.3 Å². The molecule has 4 unspecified atom stereocenters. The summed E-state index contributed by atoms with van der Waals surface area (Å²) in [5.74, 6) is -3.33. The normalized spacial score (nSPS) is 14.6. The fourth-order valence-corrected chi connectivity index (χ4v) is 4.24. The fourth-order valence-electron chi connectivity index (χ4n) is 4.08. The molecule has 2 aromatic carbocycles. The standard InChI is InChI=1S/C27H37N3O5S/c1-4-7-22(27(34)35)29-25(32)20(13-17-10-11-18-8-5-6-9-19(18)12-17)14-23(31)24(16(2)3)30-26(33)21(28)15-36/h5-6,8-12,16,20-22,24,36H,4,7,13-15,28H2,1-3H3,(H,29,32)(H,30,33)(H,34,35). The average Bonchev–Trinajstić information content (AvgIpc) is 2.85. The van der Waals surface area contributed by atoms with Gasteiger partial charge in [-0.3, -0.25) is 14.4 Å². The van der Waals surface area contributed by atoms with Gasteiger partial charge in [0.15, 0.2) is 5.78 Å². The number of thiol groups is 1. The van der Waals surface area contributed by atoms with Gasteiger partial charge in [0.05, 0.1) is 12.1 Å². The first kappa shape index (κ1) is 29.3. The Morgan fingerprint density at radius 1 is 1.00 bits per heavy atom. The highest BCUT2D eigenvalue weighted by Gasteiger charge is 2.32. The summed E-state index contributed by atoms with van der Waals surface area (Å²) in [6, 6.07) is 10.9. The van der Waals surface area contributed by atoms with E-state index in [2.05, 4.69) is 23.3 Å². The Labute approximate surface area is 217 Å². The number of rotatable bonds is 14. The maximum atomic E-state index is 13.3. The van der Waals surface area contributed by atoms with Gasteiger partial charge < -0.3 is 21.5 Å². The van der Waals surface area contributed by atoms with Crippen LogP contribution < -0.4 is 16.4 Å². The number of carboxylic acid groups (broad SMARTS) is 1. The summed E-state index contributed by atoms with van der Waals surface area (Å²) in [6.45, 7) is 5.44. The second-order valence-corrected chi connectivity index (χ2v) is 9.83. The number of Topliss-reactive ketones (excluding diaryl/α,β-unsaturated/α-hetero) is 1. The smallest absolute Gasteiger partial charge is 0.326 e. The second-order valence-electron chi connectivity index (χ2n) is 9.46. The number of ketones is 1. The number of nitrogens with two attached hydrogens (primary N) is 1. The molecule has 0 radical (unpaired) electrons. The first-order valence-corrected chi connectivity index (χ1v) is 12.9. The number of benzene rings is 2. The van der Waals surface area contributed by atoms with Crippen molar-refractivity contribution in [3.63, 3.8) is 0 Å². The highest BCUT2D eigenvalue weighted by Crippen LogP contribution is 2.21. The Morgan fingerprint density at radius 2 is 1.67 bits per heavy atom. The number of carbonyl (C=O) groups is 4. The molecule has 4 atom stereocenters. The van der Waals surface area contributed by atoms with Gasteiger partial charge >= 0.3 is 5.97 Å². The number of fused-ring (bicyclic) bond motifs is 1. The molecule has 0 fully saturated rings. The van der Waals surface area contributed by atoms with Crippen LogP contribution in [0.2, 0.25) is 0 Å². The first-order chi connectivity index (χ1) is 17.1. The number of hydrogen-bond acceptors (Lipinski definition) is 6. The lowest BCUT2D eigenvalue weighted by atomic mass is 9.87. The summed E-state index contributed by atoms with van der Waals surface area (Å²) in [5, 5.41) is 16.9. The van der Waals surface area contributed by atoms with E-state index < -0.39 is 41.8 Å². The summed E-state index contributed by atoms with van der Waals surface area (Å²) in [4.78, 5) is 50.6. The van der Waals surface area contributed by atoms with Crippen LogP contribution in [0.1, 0.15) is 45.6 Å². The molecule has 2 amide bonds. The van der Waals surface area contributed by atoms with Crippen molar-refractivity contribution in [1.82, 2.24) is 10.6 Å². The molecule has 36 heavy (non-hydrogen) atoms. The number of carbonyl (C=O) groups excluding carboxylic acids is 3. The van der Waals surface area contributed by atoms with Crippen molar-refractivity contribution in [2.24, 2.45) is 17.6 Å². The lowest BCUT2D eigenvalue weighted by Gasteiger charge is -2.25. The average molecular weight is 516 g/mol. The van der Waals surface area contributed by atoms with Gasteiger partial charge in [0.2, 0.25) is 11.8 Å². The largest absolute Gasteiger partial charge is 0.480 e. The number of carboxylic acids is 1. The lowest BCUT2D eigenvalue weighted by Crippen LogP contribution is -2.52. The summed E-state index contributed by atoms with van der Waals surface area (Å²) in [6.07, 6.45) is 0.953. The topological polar surface area (TPSA) is 139 Å². The lowest BCUT2D eigenvalue weighted by molar-refractivity contribution is -0.143. The van der Waals surface area contributed by atoms with Crippen LogP contribution in [0.25, 0.3) is 10.8 Å². The summed E-state index contributed by atoms with van der Waals surface area (Å²) in [5.41, 5.74) is 6.61. The van der Waals surface area contributed by atoms with Gasteiger partial charge in [-0.1, -0.05) is 69.7 Å². The van der Waals surface area contributed by atoms with Crippen molar-refractivity contribution in [1.29, 1.82) is 0 Å². The van der Waals surface area contributed by atoms with E-state index in [1.165, 1.54) is 0 Å². The molecule has 0 aliphatic rings. The highest BCUT2D eigenvalue weighted by molar-refractivity contribution is 7.80. The maximum absolute atomic E-state index is 13.3. The number of aliphatic carboxylic acids is 1. The molecule has 0 aromatic heterocycles. The van der Waals surface area contributed by atoms with Gasteiger partial charge in [-0.15, -0.1) is 0 Å². The Hall–Kier alpha value is -2.91. The number of nitrogens with one attached hydrogen (secondary N) is 2. The van der Waals surface area contributed by atoms with Gasteiger partial charge in [0, 0.05) is 18.1 Å². The number of hydrogen-bond donors (Lipinski definition) is 5. The van der Waals surface area contributed by atoms with Crippen LogP contribution in [0.3, 0.4) is 0 Å². The second kappa shape index (κ2) is 14.0. The molecule has 0 spiro atoms. The monoisotopic (exact) mass is 515 g/mol. The molecule has 0 aliphatic heterocycles. The third-order valence-corrected chi connectivity index (χ3v) is 6.54. The predicted molar refractivity (Wildman–Crippen MR) is 144 cm³/mol. The molecular formula is C27H37N3O5S. The van der Waals surface area contributed by atoms with Crippen LogP contribution in [0, 0.1) is 11.8 Å². The van der Waals surface area contributed by atoms with Crippen LogP contribution in [-0.2, 0) is 25.6 Å². The minimum atomic E-state index is -1.12. The zero-order valence-corrected chi connectivity index (χ0v) is 22.0. The van der Waals surface area contributed by atoms with E-state index in [-0.39, 0.29) is 36.7 Å². The summed E-state index contributed by atoms with van der Waals surface area (Å²) < 4.78 is 0. The molecule has 196 valence electrons. The predicted octanol–water partition coefficient (Wildman–Crippen LogP) is 2.73. The van der Waals surface area contributed by atoms with E-state index in [4.69, 9.17) is 5.73 Å². The maximum Gasteiger partial charge on any atom is 0.326 e. The van der Waals surface area contributed by atoms with Gasteiger partial charge in [-0.05, 0) is 35.1 Å². The SMILES string of the molecule is CCCC(NC(=O)C(CC(=O)C(NC(=O)C(N)CS)C(C)C)Cc1ccc2ccccc2c1)C(=O)O. The fraction of sp³-hybridized carbons (Fsp3) is 0.481. The van der Waals surface area contributed by atoms with Crippen molar-refractivity contribution in [3.8, 4) is 0 Å². The van der Waals surface area contributed by atoms with Crippen molar-refractivity contribution in [2.75, 3.05) is 5.75 Å². The van der Waals surface area contributed by atoms with Crippen molar-refractivity contribution in [3.05, 3.63) is 48.0 Å². The van der Waals surface area contributed by atoms with Crippen LogP contribution >= 0.6 is 12.6 Å². The zero-order valence-electron chi connectivity index (χ0n) is 21.1. The highest BCUT2D eigenvalue weighted by atomic mass is 32.1. The Kier molecular flexibility index (Phi) is 11.4. The van der Waals surface area contributed by atoms with Crippen LogP contribution in [0.15, 0.2) is 42.5 Å². The summed E-state index contributed by atoms with van der Waals surface area (Å²) in [7, 11) is 0. The van der Waals surface area contributed by atoms with Crippen molar-refractivity contribution in [2.45, 2.75) is 64.6 Å². The van der Waals surface area contributed by atoms with Gasteiger partial charge in [0.1, 0.15) is 6.04 Å². The van der Waals surface area contributed by atoms with Crippen LogP contribution in [0.4, 0.5) is 0 Å². The van der Waals surface area contributed by atoms with Crippen LogP contribution in [0.5, 0.6) is 0 Å². The molecule has 0 aliphatic carbocycles. The zero-order chi connectivity index (χ0) is 26.8. The van der Waals surface area contributed by atoms with Crippen molar-refractivity contribution >= 4 is 47.0 Å². The molecule has 0 saturated heterocycles. The van der Waals surface area contributed by atoms with E-state index in [0.717, 1.165) is 16.3 Å². The minimum absolute atomic E-state index is 0.131. The Bertz CT molecular complexity index is 1070. The molecule has 8 nitrogen and oxygen atoms in total. The molecule has 2 rings (SSSR count). The molecule has 0 bridgehead atoms. The third kappa shape index (κ3) is 8.34. The molecule has 0 heterocycles. The molecule has 9 heteroatoms. The molecule has 2 aromatic rings. The first-order valence-electron chi connectivity index (χ1n) is 12.3. The molecule has 0 saturated carbocycles. The Balaban J connectivity index is 2.31. The van der Waals surface area contributed by atoms with Gasteiger partial charge in [-0.2, -0.15) is 12.6 Å². The quantitative estimate of drug-likeness (QED) is 0.245. The van der Waals surface area contributed by atoms with E-state index in [1.54, 1.807) is 13.8 Å².